The molecule has 0 aromatic rings. The van der Waals surface area contributed by atoms with Crippen molar-refractivity contribution in [3.05, 3.63) is 71.1 Å². The van der Waals surface area contributed by atoms with E-state index in [4.69, 9.17) is 0 Å². The highest BCUT2D eigenvalue weighted by Gasteiger charge is 2.25. The van der Waals surface area contributed by atoms with Crippen molar-refractivity contribution < 1.29 is 9.18 Å². The normalized spacial score (nSPS) is 19.5. The summed E-state index contributed by atoms with van der Waals surface area (Å²) in [4.78, 5) is 14.7. The van der Waals surface area contributed by atoms with Crippen molar-refractivity contribution >= 4 is 5.91 Å². The topological polar surface area (TPSA) is 32.3 Å². The van der Waals surface area contributed by atoms with Gasteiger partial charge in [0.1, 0.15) is 5.83 Å². The van der Waals surface area contributed by atoms with Crippen LogP contribution in [0.3, 0.4) is 0 Å². The zero-order valence-electron chi connectivity index (χ0n) is 19.2. The molecule has 0 aromatic heterocycles. The molecule has 1 aliphatic carbocycles. The van der Waals surface area contributed by atoms with Crippen molar-refractivity contribution in [3.8, 4) is 0 Å². The van der Waals surface area contributed by atoms with Gasteiger partial charge in [0.15, 0.2) is 0 Å². The number of hydrogen-bond acceptors (Lipinski definition) is 2. The van der Waals surface area contributed by atoms with E-state index in [1.165, 1.54) is 24.6 Å². The third-order valence-corrected chi connectivity index (χ3v) is 5.64. The van der Waals surface area contributed by atoms with Gasteiger partial charge in [-0.2, -0.15) is 0 Å². The summed E-state index contributed by atoms with van der Waals surface area (Å²) in [5.74, 6) is 0.0366. The van der Waals surface area contributed by atoms with Crippen LogP contribution in [0, 0.1) is 11.8 Å². The van der Waals surface area contributed by atoms with Crippen LogP contribution >= 0.6 is 0 Å². The predicted octanol–water partition coefficient (Wildman–Crippen LogP) is 7.05. The van der Waals surface area contributed by atoms with Gasteiger partial charge in [-0.1, -0.05) is 39.8 Å². The lowest BCUT2D eigenvalue weighted by Gasteiger charge is -2.24. The number of carbonyl (C=O) groups excluding carboxylic acids is 1. The molecule has 1 heterocycles. The number of hydrogen-bond donors (Lipinski definition) is 1. The maximum atomic E-state index is 14.0. The number of carbonyl (C=O) groups is 1. The second-order valence-corrected chi connectivity index (χ2v) is 8.28. The fourth-order valence-electron chi connectivity index (χ4n) is 3.58. The highest BCUT2D eigenvalue weighted by molar-refractivity contribution is 5.82. The number of rotatable bonds is 10. The SMILES string of the molecule is C=C1C=C(C)C(F)=CN1/C=C(\CC)C(C)C(=O)N/C(=C/C(=C/CC)C1CC1)CCC. The van der Waals surface area contributed by atoms with E-state index >= 15 is 0 Å². The molecule has 1 N–H and O–H groups in total. The average Bonchev–Trinajstić information content (AvgIpc) is 3.54. The molecule has 1 aliphatic heterocycles. The van der Waals surface area contributed by atoms with Gasteiger partial charge < -0.3 is 10.2 Å². The minimum atomic E-state index is -0.314. The Bertz CT molecular complexity index is 809. The van der Waals surface area contributed by atoms with Crippen molar-refractivity contribution in [2.45, 2.75) is 73.1 Å². The smallest absolute Gasteiger partial charge is 0.231 e. The van der Waals surface area contributed by atoms with E-state index in [2.05, 4.69) is 37.9 Å². The van der Waals surface area contributed by atoms with Crippen LogP contribution in [0.15, 0.2) is 71.1 Å². The maximum absolute atomic E-state index is 14.0. The first-order valence-electron chi connectivity index (χ1n) is 11.3. The summed E-state index contributed by atoms with van der Waals surface area (Å²) in [7, 11) is 0. The molecule has 1 saturated carbocycles. The second kappa shape index (κ2) is 11.1. The molecule has 0 radical (unpaired) electrons. The molecule has 164 valence electrons. The van der Waals surface area contributed by atoms with Crippen molar-refractivity contribution in [2.75, 3.05) is 0 Å². The van der Waals surface area contributed by atoms with Gasteiger partial charge in [-0.15, -0.1) is 0 Å². The van der Waals surface area contributed by atoms with E-state index in [9.17, 15) is 9.18 Å². The zero-order chi connectivity index (χ0) is 22.3. The fraction of sp³-hybridized carbons (Fsp3) is 0.500. The number of nitrogens with zero attached hydrogens (tertiary/aromatic N) is 1. The molecule has 30 heavy (non-hydrogen) atoms. The van der Waals surface area contributed by atoms with Gasteiger partial charge in [0, 0.05) is 23.8 Å². The Hall–Kier alpha value is -2.36. The quantitative estimate of drug-likeness (QED) is 0.390. The van der Waals surface area contributed by atoms with Crippen LogP contribution in [-0.2, 0) is 4.79 Å². The number of amides is 1. The summed E-state index contributed by atoms with van der Waals surface area (Å²) in [6.45, 7) is 13.9. The second-order valence-electron chi connectivity index (χ2n) is 8.28. The van der Waals surface area contributed by atoms with Gasteiger partial charge in [-0.3, -0.25) is 4.79 Å². The molecule has 1 fully saturated rings. The largest absolute Gasteiger partial charge is 0.329 e. The minimum absolute atomic E-state index is 0.0201. The maximum Gasteiger partial charge on any atom is 0.231 e. The van der Waals surface area contributed by atoms with Crippen LogP contribution in [0.25, 0.3) is 0 Å². The van der Waals surface area contributed by atoms with Crippen LogP contribution in [0.5, 0.6) is 0 Å². The summed E-state index contributed by atoms with van der Waals surface area (Å²) in [6, 6.07) is 0. The third kappa shape index (κ3) is 6.58. The molecule has 1 unspecified atom stereocenters. The Morgan fingerprint density at radius 1 is 1.37 bits per heavy atom. The Labute approximate surface area is 181 Å². The molecule has 4 heteroatoms. The minimum Gasteiger partial charge on any atom is -0.329 e. The van der Waals surface area contributed by atoms with Crippen LogP contribution < -0.4 is 5.32 Å². The van der Waals surface area contributed by atoms with Crippen LogP contribution in [0.1, 0.15) is 73.1 Å². The van der Waals surface area contributed by atoms with Gasteiger partial charge >= 0.3 is 0 Å². The first-order valence-corrected chi connectivity index (χ1v) is 11.3. The van der Waals surface area contributed by atoms with Crippen molar-refractivity contribution in [3.63, 3.8) is 0 Å². The fourth-order valence-corrected chi connectivity index (χ4v) is 3.58. The summed E-state index contributed by atoms with van der Waals surface area (Å²) in [6.07, 6.45) is 15.5. The van der Waals surface area contributed by atoms with Gasteiger partial charge in [-0.25, -0.2) is 4.39 Å². The van der Waals surface area contributed by atoms with Gasteiger partial charge in [0.05, 0.1) is 5.92 Å². The molecule has 0 aromatic carbocycles. The molecule has 0 saturated heterocycles. The zero-order valence-corrected chi connectivity index (χ0v) is 19.2. The summed E-state index contributed by atoms with van der Waals surface area (Å²) in [5, 5.41) is 3.17. The lowest BCUT2D eigenvalue weighted by Crippen LogP contribution is -2.30. The highest BCUT2D eigenvalue weighted by Crippen LogP contribution is 2.38. The first-order chi connectivity index (χ1) is 14.3. The van der Waals surface area contributed by atoms with E-state index in [0.717, 1.165) is 30.5 Å². The van der Waals surface area contributed by atoms with Gasteiger partial charge in [0.25, 0.3) is 0 Å². The molecule has 2 aliphatic rings. The summed E-state index contributed by atoms with van der Waals surface area (Å²) in [5.41, 5.74) is 4.54. The molecule has 1 amide bonds. The van der Waals surface area contributed by atoms with Crippen LogP contribution in [0.4, 0.5) is 4.39 Å². The van der Waals surface area contributed by atoms with Gasteiger partial charge in [-0.05, 0) is 80.7 Å². The van der Waals surface area contributed by atoms with E-state index in [1.54, 1.807) is 17.9 Å². The van der Waals surface area contributed by atoms with Gasteiger partial charge in [0.2, 0.25) is 5.91 Å². The molecular weight excluding hydrogens is 375 g/mol. The lowest BCUT2D eigenvalue weighted by atomic mass is 9.97. The number of allylic oxidation sites excluding steroid dienone is 7. The Balaban J connectivity index is 2.16. The van der Waals surface area contributed by atoms with E-state index < -0.39 is 0 Å². The molecule has 1 atom stereocenters. The van der Waals surface area contributed by atoms with Crippen LogP contribution in [-0.4, -0.2) is 10.8 Å². The Kier molecular flexibility index (Phi) is 8.88. The summed E-state index contributed by atoms with van der Waals surface area (Å²) < 4.78 is 14.0. The van der Waals surface area contributed by atoms with E-state index in [1.807, 2.05) is 20.0 Å². The molecule has 0 spiro atoms. The average molecular weight is 413 g/mol. The lowest BCUT2D eigenvalue weighted by molar-refractivity contribution is -0.122. The summed E-state index contributed by atoms with van der Waals surface area (Å²) >= 11 is 0. The molecule has 2 rings (SSSR count). The highest BCUT2D eigenvalue weighted by atomic mass is 19.1. The van der Waals surface area contributed by atoms with Crippen molar-refractivity contribution in [1.29, 1.82) is 0 Å². The Morgan fingerprint density at radius 3 is 2.63 bits per heavy atom. The molecular formula is C26H37FN2O. The third-order valence-electron chi connectivity index (χ3n) is 5.64. The Morgan fingerprint density at radius 2 is 2.07 bits per heavy atom. The monoisotopic (exact) mass is 412 g/mol. The van der Waals surface area contributed by atoms with Crippen molar-refractivity contribution in [2.24, 2.45) is 11.8 Å². The standard InChI is InChI=1S/C26H37FN2O/c1-7-10-23(22-12-13-22)15-24(11-8-2)28-26(30)20(6)21(9-3)16-29-17-25(27)18(4)14-19(29)5/h10,14-17,20,22H,5,7-9,11-13H2,1-4,6H3,(H,28,30)/b21-16+,23-10-,24-15+. The molecule has 0 bridgehead atoms. The first kappa shape index (κ1) is 23.9. The number of nitrogens with one attached hydrogen (secondary N) is 1. The van der Waals surface area contributed by atoms with E-state index in [-0.39, 0.29) is 17.7 Å². The number of halogens is 1. The molecule has 3 nitrogen and oxygen atoms in total. The predicted molar refractivity (Wildman–Crippen MR) is 124 cm³/mol. The van der Waals surface area contributed by atoms with E-state index in [0.29, 0.717) is 23.6 Å². The van der Waals surface area contributed by atoms with Crippen molar-refractivity contribution in [1.82, 2.24) is 10.2 Å². The van der Waals surface area contributed by atoms with Crippen LogP contribution in [0.2, 0.25) is 0 Å².